The maximum atomic E-state index is 12.6. The van der Waals surface area contributed by atoms with Crippen LogP contribution in [-0.2, 0) is 28.6 Å². The minimum atomic E-state index is -0.759. The first-order valence-corrected chi connectivity index (χ1v) is 24.3. The van der Waals surface area contributed by atoms with E-state index in [1.165, 1.54) is 154 Å². The van der Waals surface area contributed by atoms with Gasteiger partial charge in [-0.25, -0.2) is 0 Å². The summed E-state index contributed by atoms with van der Waals surface area (Å²) in [5.74, 6) is 0.850. The van der Waals surface area contributed by atoms with E-state index >= 15 is 0 Å². The molecule has 2 atom stereocenters. The smallest absolute Gasteiger partial charge is 0.306 e. The monoisotopic (exact) mass is 779 g/mol. The van der Waals surface area contributed by atoms with Gasteiger partial charge in [-0.3, -0.25) is 14.4 Å². The van der Waals surface area contributed by atoms with Crippen LogP contribution in [0.3, 0.4) is 0 Å². The molecule has 0 spiro atoms. The van der Waals surface area contributed by atoms with Crippen molar-refractivity contribution in [2.24, 2.45) is 11.8 Å². The molecule has 0 aliphatic rings. The number of ether oxygens (including phenoxy) is 3. The second kappa shape index (κ2) is 42.0. The summed E-state index contributed by atoms with van der Waals surface area (Å²) in [6, 6.07) is 0. The Balaban J connectivity index is 4.20. The molecule has 55 heavy (non-hydrogen) atoms. The molecule has 0 saturated carbocycles. The molecule has 0 rings (SSSR count). The summed E-state index contributed by atoms with van der Waals surface area (Å²) in [7, 11) is 0. The average Bonchev–Trinajstić information content (AvgIpc) is 3.17. The molecule has 6 heteroatoms. The van der Waals surface area contributed by atoms with Crippen LogP contribution in [0.4, 0.5) is 0 Å². The fourth-order valence-electron chi connectivity index (χ4n) is 7.25. The summed E-state index contributed by atoms with van der Waals surface area (Å²) in [4.78, 5) is 37.7. The van der Waals surface area contributed by atoms with E-state index in [2.05, 4.69) is 34.6 Å². The Kier molecular flexibility index (Phi) is 40.8. The standard InChI is InChI=1S/C49H94O6/c1-6-8-9-10-22-31-36-41-49(52)55-46(43-54-48(51)40-35-30-26-21-17-16-19-24-28-33-38-45(5)7-2)42-53-47(50)39-34-29-25-20-15-13-11-12-14-18-23-27-32-37-44(3)4/h44-46H,6-43H2,1-5H3/t45?,46-/m1/s1. The van der Waals surface area contributed by atoms with E-state index in [-0.39, 0.29) is 31.1 Å². The maximum absolute atomic E-state index is 12.6. The highest BCUT2D eigenvalue weighted by atomic mass is 16.6. The topological polar surface area (TPSA) is 78.9 Å². The zero-order valence-electron chi connectivity index (χ0n) is 37.6. The molecule has 0 N–H and O–H groups in total. The highest BCUT2D eigenvalue weighted by Crippen LogP contribution is 2.17. The minimum Gasteiger partial charge on any atom is -0.462 e. The molecule has 0 aromatic carbocycles. The minimum absolute atomic E-state index is 0.0648. The van der Waals surface area contributed by atoms with Gasteiger partial charge in [-0.15, -0.1) is 0 Å². The van der Waals surface area contributed by atoms with Crippen LogP contribution in [0.2, 0.25) is 0 Å². The first-order valence-electron chi connectivity index (χ1n) is 24.3. The van der Waals surface area contributed by atoms with Gasteiger partial charge in [-0.2, -0.15) is 0 Å². The molecule has 326 valence electrons. The summed E-state index contributed by atoms with van der Waals surface area (Å²) in [5, 5.41) is 0. The number of carbonyl (C=O) groups is 3. The first kappa shape index (κ1) is 53.4. The molecule has 1 unspecified atom stereocenters. The van der Waals surface area contributed by atoms with Gasteiger partial charge in [0.15, 0.2) is 6.10 Å². The van der Waals surface area contributed by atoms with Gasteiger partial charge in [0, 0.05) is 19.3 Å². The molecule has 0 fully saturated rings. The Bertz CT molecular complexity index is 841. The molecular formula is C49H94O6. The predicted molar refractivity (Wildman–Crippen MR) is 233 cm³/mol. The van der Waals surface area contributed by atoms with Crippen molar-refractivity contribution in [2.75, 3.05) is 13.2 Å². The van der Waals surface area contributed by atoms with Crippen molar-refractivity contribution in [2.45, 2.75) is 272 Å². The molecule has 0 amide bonds. The van der Waals surface area contributed by atoms with Crippen molar-refractivity contribution >= 4 is 17.9 Å². The molecule has 0 saturated heterocycles. The van der Waals surface area contributed by atoms with E-state index < -0.39 is 6.10 Å². The SMILES string of the molecule is CCCCCCCCCC(=O)O[C@H](COC(=O)CCCCCCCCCCCCCCCC(C)C)COC(=O)CCCCCCCCCCCCC(C)CC. The lowest BCUT2D eigenvalue weighted by Crippen LogP contribution is -2.30. The normalized spacial score (nSPS) is 12.5. The summed E-state index contributed by atoms with van der Waals surface area (Å²) in [6.45, 7) is 11.3. The summed E-state index contributed by atoms with van der Waals surface area (Å²) in [5.41, 5.74) is 0. The molecule has 0 aromatic rings. The highest BCUT2D eigenvalue weighted by molar-refractivity contribution is 5.71. The van der Waals surface area contributed by atoms with Gasteiger partial charge in [0.05, 0.1) is 0 Å². The number of hydrogen-bond acceptors (Lipinski definition) is 6. The summed E-state index contributed by atoms with van der Waals surface area (Å²) in [6.07, 6.45) is 40.9. The van der Waals surface area contributed by atoms with Crippen LogP contribution in [0.15, 0.2) is 0 Å². The van der Waals surface area contributed by atoms with Crippen LogP contribution < -0.4 is 0 Å². The number of hydrogen-bond donors (Lipinski definition) is 0. The second-order valence-corrected chi connectivity index (χ2v) is 17.5. The third-order valence-corrected chi connectivity index (χ3v) is 11.3. The molecule has 0 aromatic heterocycles. The lowest BCUT2D eigenvalue weighted by molar-refractivity contribution is -0.167. The van der Waals surface area contributed by atoms with Crippen molar-refractivity contribution in [3.05, 3.63) is 0 Å². The van der Waals surface area contributed by atoms with Gasteiger partial charge >= 0.3 is 17.9 Å². The van der Waals surface area contributed by atoms with Crippen molar-refractivity contribution < 1.29 is 28.6 Å². The number of esters is 3. The Hall–Kier alpha value is -1.59. The predicted octanol–water partition coefficient (Wildman–Crippen LogP) is 15.4. The van der Waals surface area contributed by atoms with E-state index in [9.17, 15) is 14.4 Å². The van der Waals surface area contributed by atoms with Gasteiger partial charge in [-0.1, -0.05) is 227 Å². The third kappa shape index (κ3) is 41.9. The first-order chi connectivity index (χ1) is 26.8. The second-order valence-electron chi connectivity index (χ2n) is 17.5. The summed E-state index contributed by atoms with van der Waals surface area (Å²) >= 11 is 0. The zero-order valence-corrected chi connectivity index (χ0v) is 37.6. The Labute approximate surface area is 342 Å². The van der Waals surface area contributed by atoms with Crippen molar-refractivity contribution in [1.82, 2.24) is 0 Å². The van der Waals surface area contributed by atoms with E-state index in [1.807, 2.05) is 0 Å². The Morgan fingerprint density at radius 3 is 1.04 bits per heavy atom. The fraction of sp³-hybridized carbons (Fsp3) is 0.939. The number of unbranched alkanes of at least 4 members (excludes halogenated alkanes) is 27. The summed E-state index contributed by atoms with van der Waals surface area (Å²) < 4.78 is 16.7. The largest absolute Gasteiger partial charge is 0.462 e. The van der Waals surface area contributed by atoms with Crippen LogP contribution in [0.25, 0.3) is 0 Å². The molecule has 0 heterocycles. The maximum Gasteiger partial charge on any atom is 0.306 e. The van der Waals surface area contributed by atoms with Crippen molar-refractivity contribution in [1.29, 1.82) is 0 Å². The van der Waals surface area contributed by atoms with Gasteiger partial charge in [0.25, 0.3) is 0 Å². The Morgan fingerprint density at radius 1 is 0.382 bits per heavy atom. The van der Waals surface area contributed by atoms with E-state index in [1.54, 1.807) is 0 Å². The van der Waals surface area contributed by atoms with Crippen LogP contribution in [0, 0.1) is 11.8 Å². The van der Waals surface area contributed by atoms with E-state index in [4.69, 9.17) is 14.2 Å². The van der Waals surface area contributed by atoms with Crippen molar-refractivity contribution in [3.63, 3.8) is 0 Å². The lowest BCUT2D eigenvalue weighted by Gasteiger charge is -2.18. The van der Waals surface area contributed by atoms with E-state index in [0.717, 1.165) is 69.6 Å². The van der Waals surface area contributed by atoms with Crippen LogP contribution >= 0.6 is 0 Å². The van der Waals surface area contributed by atoms with Gasteiger partial charge in [0.2, 0.25) is 0 Å². The molecular weight excluding hydrogens is 685 g/mol. The average molecular weight is 779 g/mol. The zero-order chi connectivity index (χ0) is 40.5. The van der Waals surface area contributed by atoms with Crippen LogP contribution in [0.5, 0.6) is 0 Å². The Morgan fingerprint density at radius 2 is 0.691 bits per heavy atom. The molecule has 0 radical (unpaired) electrons. The van der Waals surface area contributed by atoms with Gasteiger partial charge in [-0.05, 0) is 31.1 Å². The van der Waals surface area contributed by atoms with Gasteiger partial charge < -0.3 is 14.2 Å². The third-order valence-electron chi connectivity index (χ3n) is 11.3. The molecule has 6 nitrogen and oxygen atoms in total. The van der Waals surface area contributed by atoms with E-state index in [0.29, 0.717) is 19.3 Å². The molecule has 0 aliphatic carbocycles. The molecule has 0 bridgehead atoms. The fourth-order valence-corrected chi connectivity index (χ4v) is 7.25. The van der Waals surface area contributed by atoms with Crippen LogP contribution in [-0.4, -0.2) is 37.2 Å². The number of carbonyl (C=O) groups excluding carboxylic acids is 3. The quantitative estimate of drug-likeness (QED) is 0.0348. The van der Waals surface area contributed by atoms with Gasteiger partial charge in [0.1, 0.15) is 13.2 Å². The number of rotatable bonds is 43. The van der Waals surface area contributed by atoms with Crippen LogP contribution in [0.1, 0.15) is 266 Å². The molecule has 0 aliphatic heterocycles. The highest BCUT2D eigenvalue weighted by Gasteiger charge is 2.19. The van der Waals surface area contributed by atoms with Crippen molar-refractivity contribution in [3.8, 4) is 0 Å². The lowest BCUT2D eigenvalue weighted by atomic mass is 9.99.